The predicted octanol–water partition coefficient (Wildman–Crippen LogP) is 1.48. The van der Waals surface area contributed by atoms with E-state index in [2.05, 4.69) is 15.2 Å². The van der Waals surface area contributed by atoms with Gasteiger partial charge in [-0.15, -0.1) is 5.10 Å². The van der Waals surface area contributed by atoms with Crippen LogP contribution in [0.4, 0.5) is 0 Å². The van der Waals surface area contributed by atoms with Crippen LogP contribution in [0, 0.1) is 5.92 Å². The maximum atomic E-state index is 12.9. The number of hydrogen-bond acceptors (Lipinski definition) is 5. The lowest BCUT2D eigenvalue weighted by molar-refractivity contribution is -0.136. The molecule has 0 spiro atoms. The van der Waals surface area contributed by atoms with Crippen molar-refractivity contribution in [2.45, 2.75) is 52.5 Å². The van der Waals surface area contributed by atoms with Gasteiger partial charge in [0.1, 0.15) is 0 Å². The molecule has 2 aliphatic heterocycles. The lowest BCUT2D eigenvalue weighted by Gasteiger charge is -2.34. The van der Waals surface area contributed by atoms with E-state index in [1.165, 1.54) is 19.3 Å². The van der Waals surface area contributed by atoms with Gasteiger partial charge in [-0.1, -0.05) is 11.6 Å². The van der Waals surface area contributed by atoms with Gasteiger partial charge >= 0.3 is 0 Å². The average Bonchev–Trinajstić information content (AvgIpc) is 3.22. The van der Waals surface area contributed by atoms with Crippen LogP contribution < -0.4 is 0 Å². The zero-order valence-electron chi connectivity index (χ0n) is 17.3. The van der Waals surface area contributed by atoms with Crippen molar-refractivity contribution in [1.82, 2.24) is 29.7 Å². The minimum atomic E-state index is -0.110. The summed E-state index contributed by atoms with van der Waals surface area (Å²) in [5.41, 5.74) is 0.384. The highest BCUT2D eigenvalue weighted by atomic mass is 16.2. The van der Waals surface area contributed by atoms with Crippen molar-refractivity contribution in [3.8, 4) is 0 Å². The first-order valence-electron chi connectivity index (χ1n) is 10.8. The van der Waals surface area contributed by atoms with Crippen LogP contribution in [0.3, 0.4) is 0 Å². The molecule has 2 aliphatic rings. The van der Waals surface area contributed by atoms with Gasteiger partial charge in [-0.25, -0.2) is 0 Å². The molecule has 156 valence electrons. The van der Waals surface area contributed by atoms with Gasteiger partial charge in [0, 0.05) is 32.7 Å². The second-order valence-electron chi connectivity index (χ2n) is 7.87. The molecular formula is C20H34N6O2. The molecule has 0 aliphatic carbocycles. The third kappa shape index (κ3) is 5.10. The highest BCUT2D eigenvalue weighted by Gasteiger charge is 2.31. The molecule has 1 atom stereocenters. The van der Waals surface area contributed by atoms with Crippen LogP contribution in [0.15, 0.2) is 6.20 Å². The van der Waals surface area contributed by atoms with Crippen molar-refractivity contribution in [2.24, 2.45) is 5.92 Å². The molecule has 0 saturated carbocycles. The predicted molar refractivity (Wildman–Crippen MR) is 107 cm³/mol. The Morgan fingerprint density at radius 3 is 2.54 bits per heavy atom. The fraction of sp³-hybridized carbons (Fsp3) is 0.800. The van der Waals surface area contributed by atoms with E-state index in [4.69, 9.17) is 0 Å². The van der Waals surface area contributed by atoms with Gasteiger partial charge in [0.15, 0.2) is 5.69 Å². The summed E-state index contributed by atoms with van der Waals surface area (Å²) in [5, 5.41) is 8.24. The van der Waals surface area contributed by atoms with E-state index in [1.54, 1.807) is 15.8 Å². The van der Waals surface area contributed by atoms with Crippen molar-refractivity contribution in [1.29, 1.82) is 0 Å². The number of hydrogen-bond donors (Lipinski definition) is 0. The summed E-state index contributed by atoms with van der Waals surface area (Å²) in [4.78, 5) is 31.6. The first-order valence-corrected chi connectivity index (χ1v) is 10.8. The number of piperidine rings is 2. The molecule has 3 heterocycles. The Morgan fingerprint density at radius 1 is 1.07 bits per heavy atom. The largest absolute Gasteiger partial charge is 0.343 e. The van der Waals surface area contributed by atoms with E-state index < -0.39 is 0 Å². The number of nitrogens with zero attached hydrogens (tertiary/aromatic N) is 6. The van der Waals surface area contributed by atoms with Gasteiger partial charge in [0.2, 0.25) is 5.91 Å². The number of carbonyl (C=O) groups excluding carboxylic acids is 2. The molecule has 0 radical (unpaired) electrons. The van der Waals surface area contributed by atoms with E-state index in [0.717, 1.165) is 39.0 Å². The molecule has 1 aromatic heterocycles. The van der Waals surface area contributed by atoms with Crippen LogP contribution >= 0.6 is 0 Å². The lowest BCUT2D eigenvalue weighted by atomic mass is 9.96. The molecule has 0 unspecified atom stereocenters. The maximum Gasteiger partial charge on any atom is 0.276 e. The zero-order valence-corrected chi connectivity index (χ0v) is 17.3. The smallest absolute Gasteiger partial charge is 0.276 e. The van der Waals surface area contributed by atoms with Crippen molar-refractivity contribution < 1.29 is 9.59 Å². The van der Waals surface area contributed by atoms with Gasteiger partial charge in [0.25, 0.3) is 5.91 Å². The third-order valence-electron chi connectivity index (χ3n) is 5.98. The first-order chi connectivity index (χ1) is 13.6. The summed E-state index contributed by atoms with van der Waals surface area (Å²) in [6.07, 6.45) is 7.31. The Labute approximate surface area is 167 Å². The molecule has 0 aromatic carbocycles. The normalized spacial score (nSPS) is 20.9. The van der Waals surface area contributed by atoms with E-state index in [0.29, 0.717) is 31.9 Å². The summed E-state index contributed by atoms with van der Waals surface area (Å²) in [6.45, 7) is 10.6. The van der Waals surface area contributed by atoms with Gasteiger partial charge in [0.05, 0.1) is 18.7 Å². The molecule has 8 nitrogen and oxygen atoms in total. The molecule has 0 bridgehead atoms. The topological polar surface area (TPSA) is 74.6 Å². The molecule has 2 fully saturated rings. The van der Waals surface area contributed by atoms with Gasteiger partial charge in [-0.05, 0) is 52.6 Å². The number of rotatable bonds is 7. The van der Waals surface area contributed by atoms with Crippen molar-refractivity contribution in [3.63, 3.8) is 0 Å². The fourth-order valence-corrected chi connectivity index (χ4v) is 4.25. The average molecular weight is 391 g/mol. The second-order valence-corrected chi connectivity index (χ2v) is 7.87. The third-order valence-corrected chi connectivity index (χ3v) is 5.98. The van der Waals surface area contributed by atoms with E-state index >= 15 is 0 Å². The van der Waals surface area contributed by atoms with Gasteiger partial charge in [-0.3, -0.25) is 14.3 Å². The van der Waals surface area contributed by atoms with Crippen LogP contribution in [0.1, 0.15) is 56.4 Å². The number of amides is 2. The highest BCUT2D eigenvalue weighted by Crippen LogP contribution is 2.20. The first kappa shape index (κ1) is 20.8. The van der Waals surface area contributed by atoms with Gasteiger partial charge < -0.3 is 14.7 Å². The number of aromatic nitrogens is 3. The molecule has 0 N–H and O–H groups in total. The van der Waals surface area contributed by atoms with Crippen molar-refractivity contribution in [3.05, 3.63) is 11.9 Å². The summed E-state index contributed by atoms with van der Waals surface area (Å²) >= 11 is 0. The Balaban J connectivity index is 1.54. The fourth-order valence-electron chi connectivity index (χ4n) is 4.25. The molecular weight excluding hydrogens is 356 g/mol. The minimum Gasteiger partial charge on any atom is -0.343 e. The van der Waals surface area contributed by atoms with Crippen molar-refractivity contribution >= 4 is 11.8 Å². The van der Waals surface area contributed by atoms with Crippen LogP contribution in [-0.4, -0.2) is 87.3 Å². The van der Waals surface area contributed by atoms with Crippen LogP contribution in [0.2, 0.25) is 0 Å². The SMILES string of the molecule is CCN(CC)C(=O)[C@H]1CCCN(C(=O)c2cn(CCN3CCCCC3)nn2)C1. The summed E-state index contributed by atoms with van der Waals surface area (Å²) < 4.78 is 1.77. The Hall–Kier alpha value is -1.96. The Kier molecular flexibility index (Phi) is 7.42. The monoisotopic (exact) mass is 390 g/mol. The van der Waals surface area contributed by atoms with E-state index in [-0.39, 0.29) is 17.7 Å². The Morgan fingerprint density at radius 2 is 1.82 bits per heavy atom. The maximum absolute atomic E-state index is 12.9. The van der Waals surface area contributed by atoms with Crippen LogP contribution in [0.5, 0.6) is 0 Å². The summed E-state index contributed by atoms with van der Waals surface area (Å²) in [7, 11) is 0. The number of carbonyl (C=O) groups is 2. The van der Waals surface area contributed by atoms with Crippen LogP contribution in [0.25, 0.3) is 0 Å². The molecule has 2 saturated heterocycles. The minimum absolute atomic E-state index is 0.105. The van der Waals surface area contributed by atoms with E-state index in [1.807, 2.05) is 18.7 Å². The quantitative estimate of drug-likeness (QED) is 0.705. The molecule has 28 heavy (non-hydrogen) atoms. The lowest BCUT2D eigenvalue weighted by Crippen LogP contribution is -2.46. The number of likely N-dealkylation sites (tertiary alicyclic amines) is 2. The molecule has 3 rings (SSSR count). The summed E-state index contributed by atoms with van der Waals surface area (Å²) in [5.74, 6) is -0.0549. The Bertz CT molecular complexity index is 651. The summed E-state index contributed by atoms with van der Waals surface area (Å²) in [6, 6.07) is 0. The van der Waals surface area contributed by atoms with Gasteiger partial charge in [-0.2, -0.15) is 0 Å². The molecule has 8 heteroatoms. The van der Waals surface area contributed by atoms with Crippen molar-refractivity contribution in [2.75, 3.05) is 45.8 Å². The highest BCUT2D eigenvalue weighted by molar-refractivity contribution is 5.92. The zero-order chi connectivity index (χ0) is 19.9. The molecule has 2 amide bonds. The second kappa shape index (κ2) is 10.0. The standard InChI is InChI=1S/C20H34N6O2/c1-3-24(4-2)19(27)17-9-8-12-25(15-17)20(28)18-16-26(22-21-18)14-13-23-10-6-5-7-11-23/h16-17H,3-15H2,1-2H3/t17-/m0/s1. The van der Waals surface area contributed by atoms with E-state index in [9.17, 15) is 9.59 Å². The molecule has 1 aromatic rings. The van der Waals surface area contributed by atoms with Crippen LogP contribution in [-0.2, 0) is 11.3 Å².